The number of anilines is 2. The first kappa shape index (κ1) is 11.3. The molecule has 0 aliphatic heterocycles. The molecular formula is C14H22N2. The standard InChI is InChI=1S/C14H22N2/c1-11(9-12-7-8-12)15-13-5-4-6-14(10-13)16(2)3/h4-6,10-12,15H,7-9H2,1-3H3. The molecule has 1 N–H and O–H groups in total. The lowest BCUT2D eigenvalue weighted by Crippen LogP contribution is -2.16. The van der Waals surface area contributed by atoms with Crippen LogP contribution < -0.4 is 10.2 Å². The molecule has 16 heavy (non-hydrogen) atoms. The van der Waals surface area contributed by atoms with Gasteiger partial charge < -0.3 is 10.2 Å². The molecule has 1 aromatic rings. The maximum Gasteiger partial charge on any atom is 0.0381 e. The summed E-state index contributed by atoms with van der Waals surface area (Å²) in [7, 11) is 4.15. The molecule has 1 aliphatic rings. The van der Waals surface area contributed by atoms with E-state index in [9.17, 15) is 0 Å². The van der Waals surface area contributed by atoms with Crippen molar-refractivity contribution in [2.75, 3.05) is 24.3 Å². The molecule has 0 spiro atoms. The van der Waals surface area contributed by atoms with E-state index in [1.807, 2.05) is 0 Å². The van der Waals surface area contributed by atoms with Crippen molar-refractivity contribution in [3.63, 3.8) is 0 Å². The first-order valence-electron chi connectivity index (χ1n) is 6.19. The summed E-state index contributed by atoms with van der Waals surface area (Å²) in [5.74, 6) is 0.986. The van der Waals surface area contributed by atoms with Gasteiger partial charge in [-0.3, -0.25) is 0 Å². The molecule has 0 aromatic heterocycles. The van der Waals surface area contributed by atoms with E-state index in [1.165, 1.54) is 30.6 Å². The van der Waals surface area contributed by atoms with Gasteiger partial charge in [0.15, 0.2) is 0 Å². The minimum atomic E-state index is 0.588. The van der Waals surface area contributed by atoms with Gasteiger partial charge in [0.1, 0.15) is 0 Å². The second-order valence-electron chi connectivity index (χ2n) is 5.17. The van der Waals surface area contributed by atoms with Gasteiger partial charge in [-0.15, -0.1) is 0 Å². The van der Waals surface area contributed by atoms with E-state index in [0.717, 1.165) is 5.92 Å². The van der Waals surface area contributed by atoms with Crippen LogP contribution in [0.2, 0.25) is 0 Å². The quantitative estimate of drug-likeness (QED) is 0.815. The van der Waals surface area contributed by atoms with E-state index in [0.29, 0.717) is 6.04 Å². The van der Waals surface area contributed by atoms with Crippen molar-refractivity contribution in [2.45, 2.75) is 32.2 Å². The molecular weight excluding hydrogens is 196 g/mol. The lowest BCUT2D eigenvalue weighted by Gasteiger charge is -2.18. The molecule has 1 aromatic carbocycles. The summed E-state index contributed by atoms with van der Waals surface area (Å²) in [6, 6.07) is 9.20. The summed E-state index contributed by atoms with van der Waals surface area (Å²) in [4.78, 5) is 2.14. The molecule has 1 aliphatic carbocycles. The highest BCUT2D eigenvalue weighted by Gasteiger charge is 2.23. The summed E-state index contributed by atoms with van der Waals surface area (Å²) < 4.78 is 0. The van der Waals surface area contributed by atoms with Gasteiger partial charge >= 0.3 is 0 Å². The first-order valence-corrected chi connectivity index (χ1v) is 6.19. The van der Waals surface area contributed by atoms with Gasteiger partial charge in [0.25, 0.3) is 0 Å². The predicted octanol–water partition coefficient (Wildman–Crippen LogP) is 3.35. The van der Waals surface area contributed by atoms with E-state index < -0.39 is 0 Å². The third-order valence-electron chi connectivity index (χ3n) is 3.16. The Morgan fingerprint density at radius 3 is 2.75 bits per heavy atom. The van der Waals surface area contributed by atoms with Gasteiger partial charge in [0.2, 0.25) is 0 Å². The van der Waals surface area contributed by atoms with E-state index >= 15 is 0 Å². The van der Waals surface area contributed by atoms with Crippen LogP contribution in [-0.2, 0) is 0 Å². The monoisotopic (exact) mass is 218 g/mol. The van der Waals surface area contributed by atoms with Gasteiger partial charge in [-0.05, 0) is 37.5 Å². The molecule has 2 heteroatoms. The SMILES string of the molecule is CC(CC1CC1)Nc1cccc(N(C)C)c1. The van der Waals surface area contributed by atoms with Crippen molar-refractivity contribution >= 4 is 11.4 Å². The predicted molar refractivity (Wildman–Crippen MR) is 71.2 cm³/mol. The molecule has 0 bridgehead atoms. The van der Waals surface area contributed by atoms with Crippen molar-refractivity contribution < 1.29 is 0 Å². The van der Waals surface area contributed by atoms with Gasteiger partial charge in [-0.1, -0.05) is 18.9 Å². The molecule has 1 atom stereocenters. The summed E-state index contributed by atoms with van der Waals surface area (Å²) in [5.41, 5.74) is 2.49. The minimum Gasteiger partial charge on any atom is -0.383 e. The second-order valence-corrected chi connectivity index (χ2v) is 5.17. The Labute approximate surface area is 98.7 Å². The van der Waals surface area contributed by atoms with E-state index in [4.69, 9.17) is 0 Å². The lowest BCUT2D eigenvalue weighted by molar-refractivity contribution is 0.642. The normalized spacial score (nSPS) is 16.9. The van der Waals surface area contributed by atoms with Crippen LogP contribution in [0, 0.1) is 5.92 Å². The second kappa shape index (κ2) is 4.77. The van der Waals surface area contributed by atoms with Crippen LogP contribution >= 0.6 is 0 Å². The molecule has 0 radical (unpaired) electrons. The van der Waals surface area contributed by atoms with Gasteiger partial charge in [-0.2, -0.15) is 0 Å². The fourth-order valence-corrected chi connectivity index (χ4v) is 2.07. The van der Waals surface area contributed by atoms with Crippen LogP contribution in [0.4, 0.5) is 11.4 Å². The Morgan fingerprint density at radius 2 is 2.12 bits per heavy atom. The molecule has 88 valence electrons. The molecule has 1 fully saturated rings. The summed E-state index contributed by atoms with van der Waals surface area (Å²) >= 11 is 0. The zero-order valence-electron chi connectivity index (χ0n) is 10.5. The van der Waals surface area contributed by atoms with Crippen LogP contribution in [0.25, 0.3) is 0 Å². The zero-order chi connectivity index (χ0) is 11.5. The van der Waals surface area contributed by atoms with E-state index in [1.54, 1.807) is 0 Å². The van der Waals surface area contributed by atoms with E-state index in [2.05, 4.69) is 55.5 Å². The van der Waals surface area contributed by atoms with Crippen molar-refractivity contribution in [3.05, 3.63) is 24.3 Å². The zero-order valence-corrected chi connectivity index (χ0v) is 10.5. The van der Waals surface area contributed by atoms with Crippen LogP contribution in [0.15, 0.2) is 24.3 Å². The van der Waals surface area contributed by atoms with Crippen LogP contribution in [0.5, 0.6) is 0 Å². The minimum absolute atomic E-state index is 0.588. The highest BCUT2D eigenvalue weighted by atomic mass is 15.1. The number of rotatable bonds is 5. The lowest BCUT2D eigenvalue weighted by atomic mass is 10.1. The van der Waals surface area contributed by atoms with Gasteiger partial charge in [0.05, 0.1) is 0 Å². The Balaban J connectivity index is 1.94. The molecule has 2 rings (SSSR count). The maximum atomic E-state index is 3.58. The average Bonchev–Trinajstić information content (AvgIpc) is 3.01. The first-order chi connectivity index (χ1) is 7.65. The van der Waals surface area contributed by atoms with Crippen LogP contribution in [0.1, 0.15) is 26.2 Å². The Hall–Kier alpha value is -1.18. The van der Waals surface area contributed by atoms with Crippen molar-refractivity contribution in [2.24, 2.45) is 5.92 Å². The Kier molecular flexibility index (Phi) is 3.37. The highest BCUT2D eigenvalue weighted by Crippen LogP contribution is 2.34. The highest BCUT2D eigenvalue weighted by molar-refractivity contribution is 5.57. The summed E-state index contributed by atoms with van der Waals surface area (Å²) in [6.07, 6.45) is 4.18. The van der Waals surface area contributed by atoms with E-state index in [-0.39, 0.29) is 0 Å². The topological polar surface area (TPSA) is 15.3 Å². The van der Waals surface area contributed by atoms with Crippen molar-refractivity contribution in [1.29, 1.82) is 0 Å². The molecule has 2 nitrogen and oxygen atoms in total. The third kappa shape index (κ3) is 3.16. The number of hydrogen-bond acceptors (Lipinski definition) is 2. The summed E-state index contributed by atoms with van der Waals surface area (Å²) in [6.45, 7) is 2.28. The average molecular weight is 218 g/mol. The third-order valence-corrected chi connectivity index (χ3v) is 3.16. The molecule has 0 amide bonds. The fraction of sp³-hybridized carbons (Fsp3) is 0.571. The maximum absolute atomic E-state index is 3.58. The molecule has 1 unspecified atom stereocenters. The number of hydrogen-bond donors (Lipinski definition) is 1. The van der Waals surface area contributed by atoms with Crippen molar-refractivity contribution in [1.82, 2.24) is 0 Å². The largest absolute Gasteiger partial charge is 0.383 e. The van der Waals surface area contributed by atoms with Crippen LogP contribution in [0.3, 0.4) is 0 Å². The summed E-state index contributed by atoms with van der Waals surface area (Å²) in [5, 5.41) is 3.58. The molecule has 0 heterocycles. The van der Waals surface area contributed by atoms with Crippen molar-refractivity contribution in [3.8, 4) is 0 Å². The fourth-order valence-electron chi connectivity index (χ4n) is 2.07. The van der Waals surface area contributed by atoms with Gasteiger partial charge in [0, 0.05) is 31.5 Å². The van der Waals surface area contributed by atoms with Crippen LogP contribution in [-0.4, -0.2) is 20.1 Å². The number of nitrogens with one attached hydrogen (secondary N) is 1. The smallest absolute Gasteiger partial charge is 0.0381 e. The number of benzene rings is 1. The van der Waals surface area contributed by atoms with Gasteiger partial charge in [-0.25, -0.2) is 0 Å². The molecule has 0 saturated heterocycles. The Bertz CT molecular complexity index is 342. The number of nitrogens with zero attached hydrogens (tertiary/aromatic N) is 1. The molecule has 1 saturated carbocycles. The Morgan fingerprint density at radius 1 is 1.38 bits per heavy atom.